The predicted octanol–water partition coefficient (Wildman–Crippen LogP) is 3.71. The number of benzene rings is 1. The Labute approximate surface area is 142 Å². The van der Waals surface area contributed by atoms with Gasteiger partial charge < -0.3 is 10.4 Å². The van der Waals surface area contributed by atoms with E-state index in [0.29, 0.717) is 5.02 Å². The Hall–Kier alpha value is -1.06. The third-order valence-electron chi connectivity index (χ3n) is 6.23. The Bertz CT molecular complexity index is 563. The summed E-state index contributed by atoms with van der Waals surface area (Å²) in [5.41, 5.74) is 0.647. The van der Waals surface area contributed by atoms with Crippen molar-refractivity contribution in [2.45, 2.75) is 44.6 Å². The Balaban J connectivity index is 1.39. The second-order valence-electron chi connectivity index (χ2n) is 7.98. The molecule has 5 rings (SSSR count). The Kier molecular flexibility index (Phi) is 3.89. The van der Waals surface area contributed by atoms with Gasteiger partial charge in [0.1, 0.15) is 0 Å². The zero-order valence-corrected chi connectivity index (χ0v) is 14.1. The van der Waals surface area contributed by atoms with Crippen molar-refractivity contribution < 1.29 is 9.90 Å². The van der Waals surface area contributed by atoms with Crippen LogP contribution >= 0.6 is 11.6 Å². The Morgan fingerprint density at radius 1 is 1.13 bits per heavy atom. The summed E-state index contributed by atoms with van der Waals surface area (Å²) in [6, 6.07) is 7.15. The average Bonchev–Trinajstić information content (AvgIpc) is 2.51. The van der Waals surface area contributed by atoms with Crippen LogP contribution < -0.4 is 5.32 Å². The molecule has 0 aliphatic heterocycles. The van der Waals surface area contributed by atoms with Crippen molar-refractivity contribution in [3.8, 4) is 0 Å². The summed E-state index contributed by atoms with van der Waals surface area (Å²) in [6.45, 7) is 0.280. The summed E-state index contributed by atoms with van der Waals surface area (Å²) >= 11 is 5.87. The number of aliphatic hydroxyl groups excluding tert-OH is 1. The van der Waals surface area contributed by atoms with Gasteiger partial charge in [-0.05, 0) is 74.0 Å². The third-order valence-corrected chi connectivity index (χ3v) is 6.48. The summed E-state index contributed by atoms with van der Waals surface area (Å²) in [5.74, 6) is 2.44. The molecule has 4 bridgehead atoms. The molecule has 0 heterocycles. The van der Waals surface area contributed by atoms with Crippen molar-refractivity contribution in [3.05, 3.63) is 34.9 Å². The molecule has 0 spiro atoms. The minimum atomic E-state index is -0.676. The summed E-state index contributed by atoms with van der Waals surface area (Å²) in [7, 11) is 0. The van der Waals surface area contributed by atoms with E-state index >= 15 is 0 Å². The molecule has 0 radical (unpaired) electrons. The molecule has 1 amide bonds. The number of rotatable bonds is 4. The van der Waals surface area contributed by atoms with Crippen LogP contribution in [0.1, 0.15) is 50.2 Å². The largest absolute Gasteiger partial charge is 0.387 e. The lowest BCUT2D eigenvalue weighted by atomic mass is 9.49. The van der Waals surface area contributed by atoms with Crippen LogP contribution in [-0.4, -0.2) is 17.6 Å². The van der Waals surface area contributed by atoms with Gasteiger partial charge in [-0.2, -0.15) is 0 Å². The lowest BCUT2D eigenvalue weighted by Crippen LogP contribution is -2.54. The van der Waals surface area contributed by atoms with E-state index in [1.54, 1.807) is 12.1 Å². The molecule has 4 aliphatic carbocycles. The molecular formula is C19H24ClNO2. The fourth-order valence-electron chi connectivity index (χ4n) is 5.57. The highest BCUT2D eigenvalue weighted by Gasteiger charge is 2.54. The average molecular weight is 334 g/mol. The molecule has 0 aromatic heterocycles. The van der Waals surface area contributed by atoms with E-state index in [4.69, 9.17) is 11.6 Å². The van der Waals surface area contributed by atoms with Gasteiger partial charge in [0.25, 0.3) is 0 Å². The first-order chi connectivity index (χ1) is 11.0. The zero-order valence-electron chi connectivity index (χ0n) is 13.3. The standard InChI is InChI=1S/C19H24ClNO2/c20-16-3-1-15(2-4-16)17(22)11-21-18(23)19-8-12-5-13(9-19)7-14(6-12)10-19/h1-4,12-14,17,22H,5-11H2,(H,21,23). The number of amides is 1. The zero-order chi connectivity index (χ0) is 16.0. The summed E-state index contributed by atoms with van der Waals surface area (Å²) in [5, 5.41) is 14.0. The van der Waals surface area contributed by atoms with Gasteiger partial charge >= 0.3 is 0 Å². The quantitative estimate of drug-likeness (QED) is 0.882. The summed E-state index contributed by atoms with van der Waals surface area (Å²) in [6.07, 6.45) is 6.50. The second-order valence-corrected chi connectivity index (χ2v) is 8.41. The molecule has 4 heteroatoms. The van der Waals surface area contributed by atoms with Crippen LogP contribution in [0.2, 0.25) is 5.02 Å². The lowest BCUT2D eigenvalue weighted by Gasteiger charge is -2.55. The van der Waals surface area contributed by atoms with Crippen molar-refractivity contribution >= 4 is 17.5 Å². The first-order valence-corrected chi connectivity index (χ1v) is 9.14. The van der Waals surface area contributed by atoms with Crippen molar-refractivity contribution in [2.24, 2.45) is 23.2 Å². The smallest absolute Gasteiger partial charge is 0.226 e. The van der Waals surface area contributed by atoms with Gasteiger partial charge in [-0.15, -0.1) is 0 Å². The van der Waals surface area contributed by atoms with Crippen molar-refractivity contribution in [2.75, 3.05) is 6.54 Å². The van der Waals surface area contributed by atoms with Crippen molar-refractivity contribution in [1.29, 1.82) is 0 Å². The van der Waals surface area contributed by atoms with Crippen LogP contribution in [0, 0.1) is 23.2 Å². The van der Waals surface area contributed by atoms with Gasteiger partial charge in [0.2, 0.25) is 5.91 Å². The third kappa shape index (κ3) is 2.89. The van der Waals surface area contributed by atoms with E-state index in [1.807, 2.05) is 12.1 Å². The number of carbonyl (C=O) groups is 1. The molecule has 124 valence electrons. The Morgan fingerprint density at radius 3 is 2.17 bits per heavy atom. The molecule has 1 unspecified atom stereocenters. The lowest BCUT2D eigenvalue weighted by molar-refractivity contribution is -0.146. The number of hydrogen-bond donors (Lipinski definition) is 2. The van der Waals surface area contributed by atoms with E-state index in [2.05, 4.69) is 5.32 Å². The highest BCUT2D eigenvalue weighted by molar-refractivity contribution is 6.30. The van der Waals surface area contributed by atoms with Gasteiger partial charge in [0.05, 0.1) is 6.10 Å². The van der Waals surface area contributed by atoms with Gasteiger partial charge in [0, 0.05) is 17.0 Å². The summed E-state index contributed by atoms with van der Waals surface area (Å²) < 4.78 is 0. The molecule has 23 heavy (non-hydrogen) atoms. The van der Waals surface area contributed by atoms with Gasteiger partial charge in [-0.1, -0.05) is 23.7 Å². The van der Waals surface area contributed by atoms with E-state index in [9.17, 15) is 9.90 Å². The fraction of sp³-hybridized carbons (Fsp3) is 0.632. The van der Waals surface area contributed by atoms with E-state index < -0.39 is 6.10 Å². The monoisotopic (exact) mass is 333 g/mol. The van der Waals surface area contributed by atoms with E-state index in [0.717, 1.165) is 42.6 Å². The van der Waals surface area contributed by atoms with E-state index in [1.165, 1.54) is 19.3 Å². The SMILES string of the molecule is O=C(NCC(O)c1ccc(Cl)cc1)C12CC3CC(CC(C3)C1)C2. The van der Waals surface area contributed by atoms with E-state index in [-0.39, 0.29) is 17.9 Å². The number of hydrogen-bond acceptors (Lipinski definition) is 2. The molecule has 4 saturated carbocycles. The number of halogens is 1. The van der Waals surface area contributed by atoms with Crippen LogP contribution in [0.5, 0.6) is 0 Å². The number of aliphatic hydroxyl groups is 1. The first-order valence-electron chi connectivity index (χ1n) is 8.76. The second kappa shape index (κ2) is 5.78. The van der Waals surface area contributed by atoms with Crippen LogP contribution in [0.25, 0.3) is 0 Å². The van der Waals surface area contributed by atoms with Crippen LogP contribution in [0.3, 0.4) is 0 Å². The highest BCUT2D eigenvalue weighted by Crippen LogP contribution is 2.60. The van der Waals surface area contributed by atoms with Crippen molar-refractivity contribution in [1.82, 2.24) is 5.32 Å². The fourth-order valence-corrected chi connectivity index (χ4v) is 5.69. The molecule has 3 nitrogen and oxygen atoms in total. The number of nitrogens with one attached hydrogen (secondary N) is 1. The van der Waals surface area contributed by atoms with Gasteiger partial charge in [-0.25, -0.2) is 0 Å². The molecule has 1 aromatic carbocycles. The topological polar surface area (TPSA) is 49.3 Å². The molecule has 0 saturated heterocycles. The first kappa shape index (κ1) is 15.5. The normalized spacial score (nSPS) is 36.0. The maximum Gasteiger partial charge on any atom is 0.226 e. The predicted molar refractivity (Wildman–Crippen MR) is 90.0 cm³/mol. The maximum absolute atomic E-state index is 12.8. The maximum atomic E-state index is 12.8. The minimum Gasteiger partial charge on any atom is -0.387 e. The van der Waals surface area contributed by atoms with Crippen LogP contribution in [0.15, 0.2) is 24.3 Å². The minimum absolute atomic E-state index is 0.144. The molecule has 4 fully saturated rings. The summed E-state index contributed by atoms with van der Waals surface area (Å²) in [4.78, 5) is 12.8. The molecule has 2 N–H and O–H groups in total. The molecule has 1 aromatic rings. The molecular weight excluding hydrogens is 310 g/mol. The van der Waals surface area contributed by atoms with Gasteiger partial charge in [0.15, 0.2) is 0 Å². The van der Waals surface area contributed by atoms with Gasteiger partial charge in [-0.3, -0.25) is 4.79 Å². The Morgan fingerprint density at radius 2 is 1.65 bits per heavy atom. The highest BCUT2D eigenvalue weighted by atomic mass is 35.5. The molecule has 4 aliphatic rings. The van der Waals surface area contributed by atoms with Crippen molar-refractivity contribution in [3.63, 3.8) is 0 Å². The number of carbonyl (C=O) groups excluding carboxylic acids is 1. The van der Waals surface area contributed by atoms with Crippen LogP contribution in [0.4, 0.5) is 0 Å². The molecule has 1 atom stereocenters. The van der Waals surface area contributed by atoms with Crippen LogP contribution in [-0.2, 0) is 4.79 Å².